The van der Waals surface area contributed by atoms with E-state index in [1.54, 1.807) is 0 Å². The highest BCUT2D eigenvalue weighted by atomic mass is 32.1. The van der Waals surface area contributed by atoms with Crippen molar-refractivity contribution >= 4 is 23.0 Å². The summed E-state index contributed by atoms with van der Waals surface area (Å²) in [4.78, 5) is 4.66. The van der Waals surface area contributed by atoms with Crippen molar-refractivity contribution < 1.29 is 0 Å². The molecule has 3 nitrogen and oxygen atoms in total. The molecule has 0 fully saturated rings. The Balaban J connectivity index is 2.01. The second-order valence-corrected chi connectivity index (χ2v) is 4.74. The summed E-state index contributed by atoms with van der Waals surface area (Å²) in [5, 5.41) is 3.27. The molecule has 0 atom stereocenters. The van der Waals surface area contributed by atoms with Crippen LogP contribution in [-0.4, -0.2) is 9.97 Å². The summed E-state index contributed by atoms with van der Waals surface area (Å²) in [5.74, 6) is 0.782. The fourth-order valence-electron chi connectivity index (χ4n) is 1.76. The third kappa shape index (κ3) is 3.76. The first kappa shape index (κ1) is 13.5. The first-order valence-electron chi connectivity index (χ1n) is 6.27. The Morgan fingerprint density at radius 2 is 1.84 bits per heavy atom. The average Bonchev–Trinajstić information content (AvgIpc) is 2.46. The van der Waals surface area contributed by atoms with Gasteiger partial charge in [-0.3, -0.25) is 0 Å². The number of nitrogens with one attached hydrogen (secondary N) is 1. The van der Waals surface area contributed by atoms with Gasteiger partial charge in [0.15, 0.2) is 0 Å². The van der Waals surface area contributed by atoms with Gasteiger partial charge in [0.1, 0.15) is 10.8 Å². The van der Waals surface area contributed by atoms with Crippen molar-refractivity contribution in [2.24, 2.45) is 5.73 Å². The maximum absolute atomic E-state index is 5.56. The molecular formula is C15H17N3S. The van der Waals surface area contributed by atoms with Gasteiger partial charge in [-0.2, -0.15) is 0 Å². The van der Waals surface area contributed by atoms with Gasteiger partial charge in [-0.15, -0.1) is 0 Å². The number of anilines is 1. The molecule has 1 heterocycles. The molecule has 19 heavy (non-hydrogen) atoms. The van der Waals surface area contributed by atoms with Crippen LogP contribution in [0.15, 0.2) is 42.5 Å². The quantitative estimate of drug-likeness (QED) is 0.821. The number of hydrogen-bond acceptors (Lipinski definition) is 3. The molecule has 0 spiro atoms. The van der Waals surface area contributed by atoms with E-state index in [1.807, 2.05) is 18.2 Å². The first-order valence-corrected chi connectivity index (χ1v) is 6.68. The van der Waals surface area contributed by atoms with Gasteiger partial charge in [-0.1, -0.05) is 49.5 Å². The van der Waals surface area contributed by atoms with Crippen molar-refractivity contribution in [3.05, 3.63) is 59.3 Å². The molecule has 0 bridgehead atoms. The molecule has 0 aliphatic rings. The van der Waals surface area contributed by atoms with E-state index in [2.05, 4.69) is 41.5 Å². The van der Waals surface area contributed by atoms with E-state index in [-0.39, 0.29) is 0 Å². The SMILES string of the molecule is CCc1ccc(CNc2cccc(C(N)=S)n2)cc1. The van der Waals surface area contributed by atoms with Crippen molar-refractivity contribution in [3.8, 4) is 0 Å². The summed E-state index contributed by atoms with van der Waals surface area (Å²) >= 11 is 4.91. The van der Waals surface area contributed by atoms with E-state index in [0.717, 1.165) is 18.8 Å². The van der Waals surface area contributed by atoms with Crippen molar-refractivity contribution in [3.63, 3.8) is 0 Å². The summed E-state index contributed by atoms with van der Waals surface area (Å²) in [6.07, 6.45) is 1.06. The van der Waals surface area contributed by atoms with Crippen LogP contribution in [0.1, 0.15) is 23.7 Å². The molecule has 0 radical (unpaired) electrons. The zero-order valence-corrected chi connectivity index (χ0v) is 11.7. The number of aryl methyl sites for hydroxylation is 1. The fourth-order valence-corrected chi connectivity index (χ4v) is 1.87. The number of thiocarbonyl (C=S) groups is 1. The average molecular weight is 271 g/mol. The highest BCUT2D eigenvalue weighted by Crippen LogP contribution is 2.09. The van der Waals surface area contributed by atoms with Gasteiger partial charge in [0.2, 0.25) is 0 Å². The lowest BCUT2D eigenvalue weighted by atomic mass is 10.1. The lowest BCUT2D eigenvalue weighted by Crippen LogP contribution is -2.12. The number of hydrogen-bond donors (Lipinski definition) is 2. The molecule has 0 aliphatic heterocycles. The van der Waals surface area contributed by atoms with E-state index in [0.29, 0.717) is 10.7 Å². The second-order valence-electron chi connectivity index (χ2n) is 4.30. The molecule has 1 aromatic carbocycles. The van der Waals surface area contributed by atoms with Crippen LogP contribution in [0.2, 0.25) is 0 Å². The third-order valence-corrected chi connectivity index (χ3v) is 3.12. The highest BCUT2D eigenvalue weighted by molar-refractivity contribution is 7.80. The minimum absolute atomic E-state index is 0.316. The number of nitrogens with two attached hydrogens (primary N) is 1. The van der Waals surface area contributed by atoms with Crippen LogP contribution >= 0.6 is 12.2 Å². The van der Waals surface area contributed by atoms with Gasteiger partial charge in [0.05, 0.1) is 5.69 Å². The van der Waals surface area contributed by atoms with Gasteiger partial charge in [-0.05, 0) is 29.7 Å². The first-order chi connectivity index (χ1) is 9.19. The predicted octanol–water partition coefficient (Wildman–Crippen LogP) is 2.89. The number of benzene rings is 1. The molecular weight excluding hydrogens is 254 g/mol. The maximum Gasteiger partial charge on any atom is 0.127 e. The zero-order valence-electron chi connectivity index (χ0n) is 10.9. The second kappa shape index (κ2) is 6.29. The lowest BCUT2D eigenvalue weighted by molar-refractivity contribution is 1.09. The van der Waals surface area contributed by atoms with Crippen molar-refractivity contribution in [1.29, 1.82) is 0 Å². The molecule has 0 unspecified atom stereocenters. The molecule has 2 rings (SSSR count). The van der Waals surface area contributed by atoms with Gasteiger partial charge in [0, 0.05) is 6.54 Å². The Bertz CT molecular complexity index is 564. The smallest absolute Gasteiger partial charge is 0.127 e. The van der Waals surface area contributed by atoms with Crippen LogP contribution in [0.3, 0.4) is 0 Å². The van der Waals surface area contributed by atoms with Gasteiger partial charge in [0.25, 0.3) is 0 Å². The Hall–Kier alpha value is -1.94. The molecule has 2 aromatic rings. The maximum atomic E-state index is 5.56. The summed E-state index contributed by atoms with van der Waals surface area (Å²) < 4.78 is 0. The summed E-state index contributed by atoms with van der Waals surface area (Å²) in [5.41, 5.74) is 8.77. The molecule has 0 saturated carbocycles. The standard InChI is InChI=1S/C15H17N3S/c1-2-11-6-8-12(9-7-11)10-17-14-5-3-4-13(18-14)15(16)19/h3-9H,2,10H2,1H3,(H2,16,19)(H,17,18). The van der Waals surface area contributed by atoms with Gasteiger partial charge >= 0.3 is 0 Å². The van der Waals surface area contributed by atoms with Crippen LogP contribution in [0, 0.1) is 0 Å². The topological polar surface area (TPSA) is 50.9 Å². The van der Waals surface area contributed by atoms with Gasteiger partial charge in [-0.25, -0.2) is 4.98 Å². The van der Waals surface area contributed by atoms with Crippen LogP contribution in [0.4, 0.5) is 5.82 Å². The number of nitrogens with zero attached hydrogens (tertiary/aromatic N) is 1. The molecule has 0 aliphatic carbocycles. The van der Waals surface area contributed by atoms with E-state index in [1.165, 1.54) is 11.1 Å². The monoisotopic (exact) mass is 271 g/mol. The van der Waals surface area contributed by atoms with Crippen molar-refractivity contribution in [1.82, 2.24) is 4.98 Å². The van der Waals surface area contributed by atoms with Crippen molar-refractivity contribution in [2.75, 3.05) is 5.32 Å². The normalized spacial score (nSPS) is 10.2. The minimum Gasteiger partial charge on any atom is -0.388 e. The van der Waals surface area contributed by atoms with E-state index in [4.69, 9.17) is 18.0 Å². The Morgan fingerprint density at radius 3 is 2.47 bits per heavy atom. The number of aromatic nitrogens is 1. The van der Waals surface area contributed by atoms with Crippen LogP contribution in [0.5, 0.6) is 0 Å². The molecule has 98 valence electrons. The van der Waals surface area contributed by atoms with E-state index < -0.39 is 0 Å². The lowest BCUT2D eigenvalue weighted by Gasteiger charge is -2.07. The summed E-state index contributed by atoms with van der Waals surface area (Å²) in [7, 11) is 0. The molecule has 4 heteroatoms. The Morgan fingerprint density at radius 1 is 1.16 bits per heavy atom. The molecule has 3 N–H and O–H groups in total. The molecule has 0 saturated heterocycles. The Labute approximate surface area is 118 Å². The largest absolute Gasteiger partial charge is 0.388 e. The zero-order chi connectivity index (χ0) is 13.7. The molecule has 1 aromatic heterocycles. The van der Waals surface area contributed by atoms with Gasteiger partial charge < -0.3 is 11.1 Å². The minimum atomic E-state index is 0.316. The molecule has 0 amide bonds. The van der Waals surface area contributed by atoms with Crippen LogP contribution in [0.25, 0.3) is 0 Å². The van der Waals surface area contributed by atoms with E-state index in [9.17, 15) is 0 Å². The highest BCUT2D eigenvalue weighted by Gasteiger charge is 2.00. The number of pyridine rings is 1. The van der Waals surface area contributed by atoms with Crippen LogP contribution < -0.4 is 11.1 Å². The summed E-state index contributed by atoms with van der Waals surface area (Å²) in [6.45, 7) is 2.89. The summed E-state index contributed by atoms with van der Waals surface area (Å²) in [6, 6.07) is 14.2. The van der Waals surface area contributed by atoms with Crippen LogP contribution in [-0.2, 0) is 13.0 Å². The van der Waals surface area contributed by atoms with Crippen molar-refractivity contribution in [2.45, 2.75) is 19.9 Å². The fraction of sp³-hybridized carbons (Fsp3) is 0.200. The predicted molar refractivity (Wildman–Crippen MR) is 83.3 cm³/mol. The Kier molecular flexibility index (Phi) is 4.47. The third-order valence-electron chi connectivity index (χ3n) is 2.91. The van der Waals surface area contributed by atoms with E-state index >= 15 is 0 Å². The number of rotatable bonds is 5.